The monoisotopic (exact) mass is 268 g/mol. The van der Waals surface area contributed by atoms with Gasteiger partial charge in [-0.05, 0) is 26.3 Å². The number of carbonyl (C=O) groups is 1. The third kappa shape index (κ3) is 5.09. The minimum Gasteiger partial charge on any atom is -0.342 e. The second-order valence-corrected chi connectivity index (χ2v) is 5.77. The van der Waals surface area contributed by atoms with Crippen molar-refractivity contribution in [1.82, 2.24) is 20.0 Å². The molecule has 2 fully saturated rings. The molecule has 2 saturated heterocycles. The summed E-state index contributed by atoms with van der Waals surface area (Å²) in [7, 11) is 2.06. The lowest BCUT2D eigenvalue weighted by Crippen LogP contribution is -2.47. The first-order chi connectivity index (χ1) is 9.25. The summed E-state index contributed by atoms with van der Waals surface area (Å²) in [6.07, 6.45) is 3.63. The molecule has 1 N–H and O–H groups in total. The number of hydrogen-bond acceptors (Lipinski definition) is 4. The Labute approximate surface area is 116 Å². The van der Waals surface area contributed by atoms with Crippen LogP contribution in [0.3, 0.4) is 0 Å². The normalized spacial score (nSPS) is 21.9. The summed E-state index contributed by atoms with van der Waals surface area (Å²) >= 11 is 0. The van der Waals surface area contributed by atoms with Crippen LogP contribution in [0.4, 0.5) is 0 Å². The largest absolute Gasteiger partial charge is 0.342 e. The standard InChI is InChI=1S/C14H28N4O/c1-16(11-12-17-9-5-15-6-10-17)13-14(19)18-7-3-2-4-8-18/h15H,2-13H2,1H3. The van der Waals surface area contributed by atoms with Crippen LogP contribution >= 0.6 is 0 Å². The number of piperazine rings is 1. The predicted octanol–water partition coefficient (Wildman–Crippen LogP) is -0.164. The molecule has 0 saturated carbocycles. The van der Waals surface area contributed by atoms with Crippen LogP contribution in [-0.2, 0) is 4.79 Å². The van der Waals surface area contributed by atoms with Crippen molar-refractivity contribution in [2.24, 2.45) is 0 Å². The van der Waals surface area contributed by atoms with Crippen LogP contribution in [0, 0.1) is 0 Å². The van der Waals surface area contributed by atoms with Gasteiger partial charge in [0, 0.05) is 52.4 Å². The molecule has 2 heterocycles. The van der Waals surface area contributed by atoms with Crippen LogP contribution in [0.25, 0.3) is 0 Å². The van der Waals surface area contributed by atoms with E-state index < -0.39 is 0 Å². The topological polar surface area (TPSA) is 38.8 Å². The number of nitrogens with one attached hydrogen (secondary N) is 1. The van der Waals surface area contributed by atoms with Gasteiger partial charge < -0.3 is 10.2 Å². The fourth-order valence-corrected chi connectivity index (χ4v) is 2.80. The second-order valence-electron chi connectivity index (χ2n) is 5.77. The Hall–Kier alpha value is -0.650. The average molecular weight is 268 g/mol. The highest BCUT2D eigenvalue weighted by Crippen LogP contribution is 2.08. The van der Waals surface area contributed by atoms with Gasteiger partial charge in [0.05, 0.1) is 6.54 Å². The van der Waals surface area contributed by atoms with E-state index in [1.807, 2.05) is 4.90 Å². The smallest absolute Gasteiger partial charge is 0.236 e. The summed E-state index contributed by atoms with van der Waals surface area (Å²) in [6.45, 7) is 9.01. The minimum absolute atomic E-state index is 0.308. The molecule has 0 atom stereocenters. The van der Waals surface area contributed by atoms with Crippen LogP contribution < -0.4 is 5.32 Å². The van der Waals surface area contributed by atoms with Gasteiger partial charge in [0.2, 0.25) is 5.91 Å². The number of likely N-dealkylation sites (tertiary alicyclic amines) is 1. The predicted molar refractivity (Wildman–Crippen MR) is 77.2 cm³/mol. The third-order valence-corrected chi connectivity index (χ3v) is 4.12. The molecule has 5 nitrogen and oxygen atoms in total. The molecule has 0 aromatic heterocycles. The Morgan fingerprint density at radius 2 is 1.79 bits per heavy atom. The summed E-state index contributed by atoms with van der Waals surface area (Å²) in [5.74, 6) is 0.308. The van der Waals surface area contributed by atoms with Crippen LogP contribution in [0.15, 0.2) is 0 Å². The minimum atomic E-state index is 0.308. The average Bonchev–Trinajstić information content (AvgIpc) is 2.47. The number of carbonyl (C=O) groups excluding carboxylic acids is 1. The van der Waals surface area contributed by atoms with E-state index >= 15 is 0 Å². The molecule has 0 aromatic carbocycles. The molecule has 1 amide bonds. The molecule has 0 bridgehead atoms. The first-order valence-electron chi connectivity index (χ1n) is 7.65. The number of nitrogens with zero attached hydrogens (tertiary/aromatic N) is 3. The Kier molecular flexibility index (Phi) is 6.07. The first kappa shape index (κ1) is 14.8. The van der Waals surface area contributed by atoms with E-state index in [4.69, 9.17) is 0 Å². The molecular formula is C14H28N4O. The van der Waals surface area contributed by atoms with Crippen molar-refractivity contribution < 1.29 is 4.79 Å². The van der Waals surface area contributed by atoms with E-state index in [2.05, 4.69) is 22.2 Å². The quantitative estimate of drug-likeness (QED) is 0.752. The molecule has 0 aliphatic carbocycles. The van der Waals surface area contributed by atoms with Gasteiger partial charge in [0.1, 0.15) is 0 Å². The van der Waals surface area contributed by atoms with Gasteiger partial charge in [-0.3, -0.25) is 14.6 Å². The summed E-state index contributed by atoms with van der Waals surface area (Å²) < 4.78 is 0. The highest BCUT2D eigenvalue weighted by atomic mass is 16.2. The number of likely N-dealkylation sites (N-methyl/N-ethyl adjacent to an activating group) is 1. The molecule has 0 radical (unpaired) electrons. The Bertz CT molecular complexity index is 273. The van der Waals surface area contributed by atoms with Gasteiger partial charge in [0.15, 0.2) is 0 Å². The summed E-state index contributed by atoms with van der Waals surface area (Å²) in [5, 5.41) is 3.36. The highest BCUT2D eigenvalue weighted by Gasteiger charge is 2.18. The van der Waals surface area contributed by atoms with E-state index in [0.717, 1.165) is 52.4 Å². The zero-order chi connectivity index (χ0) is 13.5. The van der Waals surface area contributed by atoms with Crippen LogP contribution in [-0.4, -0.2) is 86.6 Å². The van der Waals surface area contributed by atoms with Crippen LogP contribution in [0.2, 0.25) is 0 Å². The van der Waals surface area contributed by atoms with Crippen molar-refractivity contribution in [2.75, 3.05) is 66.0 Å². The molecule has 0 aromatic rings. The van der Waals surface area contributed by atoms with Gasteiger partial charge in [-0.15, -0.1) is 0 Å². The fraction of sp³-hybridized carbons (Fsp3) is 0.929. The molecular weight excluding hydrogens is 240 g/mol. The first-order valence-corrected chi connectivity index (χ1v) is 7.65. The Morgan fingerprint density at radius 3 is 2.47 bits per heavy atom. The Balaban J connectivity index is 1.62. The maximum absolute atomic E-state index is 12.1. The van der Waals surface area contributed by atoms with Crippen molar-refractivity contribution in [3.8, 4) is 0 Å². The number of amides is 1. The van der Waals surface area contributed by atoms with Crippen molar-refractivity contribution in [2.45, 2.75) is 19.3 Å². The lowest BCUT2D eigenvalue weighted by atomic mass is 10.1. The molecule has 0 unspecified atom stereocenters. The maximum atomic E-state index is 12.1. The highest BCUT2D eigenvalue weighted by molar-refractivity contribution is 5.78. The number of rotatable bonds is 5. The molecule has 19 heavy (non-hydrogen) atoms. The van der Waals surface area contributed by atoms with E-state index in [0.29, 0.717) is 12.5 Å². The van der Waals surface area contributed by atoms with Gasteiger partial charge in [-0.25, -0.2) is 0 Å². The summed E-state index contributed by atoms with van der Waals surface area (Å²) in [4.78, 5) is 18.8. The number of hydrogen-bond donors (Lipinski definition) is 1. The summed E-state index contributed by atoms with van der Waals surface area (Å²) in [5.41, 5.74) is 0. The van der Waals surface area contributed by atoms with Crippen LogP contribution in [0.1, 0.15) is 19.3 Å². The van der Waals surface area contributed by atoms with Crippen molar-refractivity contribution in [3.05, 3.63) is 0 Å². The zero-order valence-electron chi connectivity index (χ0n) is 12.2. The molecule has 2 aliphatic heterocycles. The lowest BCUT2D eigenvalue weighted by molar-refractivity contribution is -0.133. The van der Waals surface area contributed by atoms with Gasteiger partial charge in [0.25, 0.3) is 0 Å². The van der Waals surface area contributed by atoms with Gasteiger partial charge in [-0.2, -0.15) is 0 Å². The number of piperidine rings is 1. The Morgan fingerprint density at radius 1 is 1.11 bits per heavy atom. The van der Waals surface area contributed by atoms with Gasteiger partial charge >= 0.3 is 0 Å². The molecule has 2 rings (SSSR count). The zero-order valence-corrected chi connectivity index (χ0v) is 12.2. The van der Waals surface area contributed by atoms with Crippen molar-refractivity contribution >= 4 is 5.91 Å². The van der Waals surface area contributed by atoms with E-state index in [1.165, 1.54) is 19.3 Å². The van der Waals surface area contributed by atoms with Crippen molar-refractivity contribution in [1.29, 1.82) is 0 Å². The molecule has 110 valence electrons. The maximum Gasteiger partial charge on any atom is 0.236 e. The van der Waals surface area contributed by atoms with E-state index in [1.54, 1.807) is 0 Å². The third-order valence-electron chi connectivity index (χ3n) is 4.12. The van der Waals surface area contributed by atoms with Crippen molar-refractivity contribution in [3.63, 3.8) is 0 Å². The molecule has 2 aliphatic rings. The van der Waals surface area contributed by atoms with E-state index in [-0.39, 0.29) is 0 Å². The summed E-state index contributed by atoms with van der Waals surface area (Å²) in [6, 6.07) is 0. The van der Waals surface area contributed by atoms with Crippen LogP contribution in [0.5, 0.6) is 0 Å². The molecule has 5 heteroatoms. The van der Waals surface area contributed by atoms with Gasteiger partial charge in [-0.1, -0.05) is 0 Å². The lowest BCUT2D eigenvalue weighted by Gasteiger charge is -2.31. The second kappa shape index (κ2) is 7.82. The molecule has 0 spiro atoms. The SMILES string of the molecule is CN(CCN1CCNCC1)CC(=O)N1CCCCC1. The van der Waals surface area contributed by atoms with E-state index in [9.17, 15) is 4.79 Å². The fourth-order valence-electron chi connectivity index (χ4n) is 2.80.